The zero-order chi connectivity index (χ0) is 13.1. The van der Waals surface area contributed by atoms with Gasteiger partial charge in [-0.3, -0.25) is 0 Å². The lowest BCUT2D eigenvalue weighted by atomic mass is 9.92. The van der Waals surface area contributed by atoms with Crippen molar-refractivity contribution in [3.8, 4) is 11.5 Å². The van der Waals surface area contributed by atoms with E-state index in [1.54, 1.807) is 0 Å². The molecule has 18 heavy (non-hydrogen) atoms. The molecule has 0 heterocycles. The standard InChI is InChI=1S/C14H11FO3/c15-10-3-1-9(2-4-10)13(8-16)12-6-5-11(17)7-14(12)18/h1-8,13,17-18H. The third kappa shape index (κ3) is 2.32. The minimum absolute atomic E-state index is 0.0833. The Morgan fingerprint density at radius 3 is 2.28 bits per heavy atom. The van der Waals surface area contributed by atoms with E-state index in [0.717, 1.165) is 6.07 Å². The maximum absolute atomic E-state index is 12.8. The monoisotopic (exact) mass is 246 g/mol. The molecule has 0 aliphatic rings. The van der Waals surface area contributed by atoms with Crippen molar-refractivity contribution in [2.45, 2.75) is 5.92 Å². The second-order valence-corrected chi connectivity index (χ2v) is 3.91. The van der Waals surface area contributed by atoms with Crippen LogP contribution in [-0.2, 0) is 4.79 Å². The van der Waals surface area contributed by atoms with E-state index in [1.165, 1.54) is 36.4 Å². The quantitative estimate of drug-likeness (QED) is 0.818. The van der Waals surface area contributed by atoms with Crippen molar-refractivity contribution in [3.63, 3.8) is 0 Å². The summed E-state index contributed by atoms with van der Waals surface area (Å²) in [6.45, 7) is 0. The summed E-state index contributed by atoms with van der Waals surface area (Å²) < 4.78 is 12.8. The molecule has 0 aromatic heterocycles. The Morgan fingerprint density at radius 2 is 1.72 bits per heavy atom. The SMILES string of the molecule is O=CC(c1ccc(F)cc1)c1ccc(O)cc1O. The first kappa shape index (κ1) is 12.1. The number of hydrogen-bond acceptors (Lipinski definition) is 3. The van der Waals surface area contributed by atoms with E-state index >= 15 is 0 Å². The number of carbonyl (C=O) groups excluding carboxylic acids is 1. The summed E-state index contributed by atoms with van der Waals surface area (Å²) in [6.07, 6.45) is 0.666. The number of phenols is 2. The maximum Gasteiger partial charge on any atom is 0.131 e. The highest BCUT2D eigenvalue weighted by Crippen LogP contribution is 2.32. The summed E-state index contributed by atoms with van der Waals surface area (Å²) in [6, 6.07) is 9.49. The molecule has 92 valence electrons. The number of benzene rings is 2. The lowest BCUT2D eigenvalue weighted by Gasteiger charge is -2.13. The molecule has 2 aromatic carbocycles. The van der Waals surface area contributed by atoms with Crippen LogP contribution >= 0.6 is 0 Å². The molecule has 0 radical (unpaired) electrons. The zero-order valence-corrected chi connectivity index (χ0v) is 9.38. The van der Waals surface area contributed by atoms with Gasteiger partial charge in [0.25, 0.3) is 0 Å². The van der Waals surface area contributed by atoms with Crippen molar-refractivity contribution < 1.29 is 19.4 Å². The van der Waals surface area contributed by atoms with E-state index in [0.29, 0.717) is 17.4 Å². The van der Waals surface area contributed by atoms with Crippen LogP contribution in [0.25, 0.3) is 0 Å². The second kappa shape index (κ2) is 4.87. The number of rotatable bonds is 3. The second-order valence-electron chi connectivity index (χ2n) is 3.91. The zero-order valence-electron chi connectivity index (χ0n) is 9.38. The van der Waals surface area contributed by atoms with Gasteiger partial charge in [0.1, 0.15) is 23.6 Å². The van der Waals surface area contributed by atoms with Crippen molar-refractivity contribution >= 4 is 6.29 Å². The molecule has 3 nitrogen and oxygen atoms in total. The minimum Gasteiger partial charge on any atom is -0.508 e. The Hall–Kier alpha value is -2.36. The van der Waals surface area contributed by atoms with Gasteiger partial charge in [0.2, 0.25) is 0 Å². The van der Waals surface area contributed by atoms with Crippen molar-refractivity contribution in [3.05, 3.63) is 59.4 Å². The van der Waals surface area contributed by atoms with E-state index in [4.69, 9.17) is 0 Å². The molecule has 0 amide bonds. The fourth-order valence-corrected chi connectivity index (χ4v) is 1.80. The van der Waals surface area contributed by atoms with E-state index in [2.05, 4.69) is 0 Å². The summed E-state index contributed by atoms with van der Waals surface area (Å²) >= 11 is 0. The fourth-order valence-electron chi connectivity index (χ4n) is 1.80. The number of phenolic OH excluding ortho intramolecular Hbond substituents is 2. The molecular formula is C14H11FO3. The Morgan fingerprint density at radius 1 is 1.06 bits per heavy atom. The molecular weight excluding hydrogens is 235 g/mol. The fraction of sp³-hybridized carbons (Fsp3) is 0.0714. The van der Waals surface area contributed by atoms with Crippen LogP contribution in [0.1, 0.15) is 17.0 Å². The van der Waals surface area contributed by atoms with Gasteiger partial charge in [0.15, 0.2) is 0 Å². The third-order valence-corrected chi connectivity index (χ3v) is 2.71. The number of carbonyl (C=O) groups is 1. The van der Waals surface area contributed by atoms with Crippen LogP contribution in [-0.4, -0.2) is 16.5 Å². The molecule has 0 fully saturated rings. The van der Waals surface area contributed by atoms with Crippen molar-refractivity contribution in [1.29, 1.82) is 0 Å². The highest BCUT2D eigenvalue weighted by Gasteiger charge is 2.17. The first-order valence-corrected chi connectivity index (χ1v) is 5.34. The molecule has 2 aromatic rings. The van der Waals surface area contributed by atoms with Crippen molar-refractivity contribution in [1.82, 2.24) is 0 Å². The Balaban J connectivity index is 2.45. The largest absolute Gasteiger partial charge is 0.508 e. The predicted molar refractivity (Wildman–Crippen MR) is 64.1 cm³/mol. The molecule has 0 saturated carbocycles. The van der Waals surface area contributed by atoms with Gasteiger partial charge in [-0.05, 0) is 23.8 Å². The molecule has 1 unspecified atom stereocenters. The van der Waals surface area contributed by atoms with Gasteiger partial charge in [-0.1, -0.05) is 18.2 Å². The van der Waals surface area contributed by atoms with Crippen molar-refractivity contribution in [2.75, 3.05) is 0 Å². The van der Waals surface area contributed by atoms with Gasteiger partial charge in [-0.2, -0.15) is 0 Å². The van der Waals surface area contributed by atoms with E-state index in [-0.39, 0.29) is 11.5 Å². The number of halogens is 1. The van der Waals surface area contributed by atoms with Crippen LogP contribution in [0, 0.1) is 5.82 Å². The third-order valence-electron chi connectivity index (χ3n) is 2.71. The topological polar surface area (TPSA) is 57.5 Å². The molecule has 1 atom stereocenters. The van der Waals surface area contributed by atoms with Crippen LogP contribution in [0.2, 0.25) is 0 Å². The van der Waals surface area contributed by atoms with E-state index < -0.39 is 11.7 Å². The van der Waals surface area contributed by atoms with Crippen molar-refractivity contribution in [2.24, 2.45) is 0 Å². The summed E-state index contributed by atoms with van der Waals surface area (Å²) in [7, 11) is 0. The van der Waals surface area contributed by atoms with Crippen LogP contribution in [0.4, 0.5) is 4.39 Å². The molecule has 0 saturated heterocycles. The summed E-state index contributed by atoms with van der Waals surface area (Å²) in [5.74, 6) is -1.33. The van der Waals surface area contributed by atoms with Crippen LogP contribution in [0.15, 0.2) is 42.5 Å². The molecule has 0 aliphatic carbocycles. The maximum atomic E-state index is 12.8. The molecule has 2 N–H and O–H groups in total. The first-order valence-electron chi connectivity index (χ1n) is 5.34. The van der Waals surface area contributed by atoms with Gasteiger partial charge in [-0.15, -0.1) is 0 Å². The predicted octanol–water partition coefficient (Wildman–Crippen LogP) is 2.57. The Labute approximate surface area is 103 Å². The lowest BCUT2D eigenvalue weighted by molar-refractivity contribution is -0.108. The van der Waals surface area contributed by atoms with Gasteiger partial charge < -0.3 is 15.0 Å². The molecule has 0 aliphatic heterocycles. The molecule has 2 rings (SSSR count). The highest BCUT2D eigenvalue weighted by atomic mass is 19.1. The Kier molecular flexibility index (Phi) is 3.28. The van der Waals surface area contributed by atoms with E-state index in [9.17, 15) is 19.4 Å². The van der Waals surface area contributed by atoms with Crippen LogP contribution < -0.4 is 0 Å². The van der Waals surface area contributed by atoms with Crippen LogP contribution in [0.5, 0.6) is 11.5 Å². The number of aldehydes is 1. The minimum atomic E-state index is -0.689. The lowest BCUT2D eigenvalue weighted by Crippen LogP contribution is -2.02. The van der Waals surface area contributed by atoms with Crippen LogP contribution in [0.3, 0.4) is 0 Å². The average molecular weight is 246 g/mol. The average Bonchev–Trinajstić information content (AvgIpc) is 2.35. The molecule has 0 spiro atoms. The molecule has 4 heteroatoms. The van der Waals surface area contributed by atoms with E-state index in [1.807, 2.05) is 0 Å². The van der Waals surface area contributed by atoms with Gasteiger partial charge >= 0.3 is 0 Å². The summed E-state index contributed by atoms with van der Waals surface area (Å²) in [5.41, 5.74) is 0.946. The molecule has 0 bridgehead atoms. The first-order chi connectivity index (χ1) is 8.61. The van der Waals surface area contributed by atoms with Gasteiger partial charge in [-0.25, -0.2) is 4.39 Å². The summed E-state index contributed by atoms with van der Waals surface area (Å²) in [4.78, 5) is 11.2. The smallest absolute Gasteiger partial charge is 0.131 e. The van der Waals surface area contributed by atoms with Gasteiger partial charge in [0.05, 0.1) is 5.92 Å². The normalized spacial score (nSPS) is 12.1. The van der Waals surface area contributed by atoms with Gasteiger partial charge in [0, 0.05) is 11.6 Å². The number of aromatic hydroxyl groups is 2. The highest BCUT2D eigenvalue weighted by molar-refractivity contribution is 5.70. The number of hydrogen-bond donors (Lipinski definition) is 2. The Bertz CT molecular complexity index is 564. The summed E-state index contributed by atoms with van der Waals surface area (Å²) in [5, 5.41) is 18.9.